The van der Waals surface area contributed by atoms with E-state index >= 15 is 0 Å². The van der Waals surface area contributed by atoms with Crippen LogP contribution in [0.1, 0.15) is 37.1 Å². The number of thioether (sulfide) groups is 1. The number of rotatable bonds is 4. The van der Waals surface area contributed by atoms with E-state index in [1.807, 2.05) is 30.3 Å². The number of hydrogen-bond donors (Lipinski definition) is 1. The Labute approximate surface area is 130 Å². The van der Waals surface area contributed by atoms with Crippen LogP contribution in [0.25, 0.3) is 0 Å². The molecular weight excluding hydrogens is 278 g/mol. The molecule has 0 aromatic heterocycles. The van der Waals surface area contributed by atoms with Crippen LogP contribution in [0.5, 0.6) is 0 Å². The Morgan fingerprint density at radius 1 is 1.00 bits per heavy atom. The van der Waals surface area contributed by atoms with E-state index in [1.165, 1.54) is 17.3 Å². The fourth-order valence-electron chi connectivity index (χ4n) is 2.09. The van der Waals surface area contributed by atoms with E-state index in [0.29, 0.717) is 0 Å². The van der Waals surface area contributed by atoms with Crippen LogP contribution in [0.2, 0.25) is 0 Å². The zero-order chi connectivity index (χ0) is 15.5. The first-order valence-corrected chi connectivity index (χ1v) is 7.87. The molecule has 21 heavy (non-hydrogen) atoms. The highest BCUT2D eigenvalue weighted by atomic mass is 32.2. The summed E-state index contributed by atoms with van der Waals surface area (Å²) in [6.07, 6.45) is 0. The standard InChI is InChI=1S/C18H21NOS/c1-18(2,3)14-9-11-15(12-10-14)21-16(17(19)20)13-7-5-4-6-8-13/h4-12,16H,1-3H3,(H2,19,20). The molecule has 2 N–H and O–H groups in total. The Balaban J connectivity index is 2.20. The molecule has 2 aromatic carbocycles. The van der Waals surface area contributed by atoms with Gasteiger partial charge in [-0.3, -0.25) is 4.79 Å². The maximum Gasteiger partial charge on any atom is 0.235 e. The normalized spacial score (nSPS) is 12.9. The van der Waals surface area contributed by atoms with Crippen LogP contribution in [-0.4, -0.2) is 5.91 Å². The molecule has 0 saturated heterocycles. The predicted molar refractivity (Wildman–Crippen MR) is 89.4 cm³/mol. The summed E-state index contributed by atoms with van der Waals surface area (Å²) in [5.74, 6) is -0.314. The fourth-order valence-corrected chi connectivity index (χ4v) is 3.06. The lowest BCUT2D eigenvalue weighted by atomic mass is 9.87. The molecule has 2 rings (SSSR count). The average molecular weight is 299 g/mol. The molecule has 2 aromatic rings. The quantitative estimate of drug-likeness (QED) is 0.855. The van der Waals surface area contributed by atoms with Crippen molar-refractivity contribution in [3.63, 3.8) is 0 Å². The number of hydrogen-bond acceptors (Lipinski definition) is 2. The second-order valence-corrected chi connectivity index (χ2v) is 7.26. The molecule has 0 fully saturated rings. The number of benzene rings is 2. The van der Waals surface area contributed by atoms with Gasteiger partial charge < -0.3 is 5.73 Å². The molecule has 110 valence electrons. The monoisotopic (exact) mass is 299 g/mol. The Morgan fingerprint density at radius 2 is 1.57 bits per heavy atom. The van der Waals surface area contributed by atoms with Crippen molar-refractivity contribution in [1.29, 1.82) is 0 Å². The van der Waals surface area contributed by atoms with Crippen LogP contribution < -0.4 is 5.73 Å². The number of nitrogens with two attached hydrogens (primary N) is 1. The van der Waals surface area contributed by atoms with Crippen molar-refractivity contribution in [2.45, 2.75) is 36.3 Å². The molecule has 0 saturated carbocycles. The van der Waals surface area contributed by atoms with E-state index in [2.05, 4.69) is 45.0 Å². The molecular formula is C18H21NOS. The molecule has 0 aliphatic rings. The maximum atomic E-state index is 11.7. The van der Waals surface area contributed by atoms with Gasteiger partial charge in [0.15, 0.2) is 0 Å². The number of carbonyl (C=O) groups excluding carboxylic acids is 1. The summed E-state index contributed by atoms with van der Waals surface area (Å²) < 4.78 is 0. The summed E-state index contributed by atoms with van der Waals surface area (Å²) in [4.78, 5) is 12.8. The molecule has 1 atom stereocenters. The largest absolute Gasteiger partial charge is 0.368 e. The second-order valence-electron chi connectivity index (χ2n) is 6.09. The first-order valence-electron chi connectivity index (χ1n) is 6.99. The van der Waals surface area contributed by atoms with Crippen molar-refractivity contribution in [2.75, 3.05) is 0 Å². The zero-order valence-electron chi connectivity index (χ0n) is 12.7. The fraction of sp³-hybridized carbons (Fsp3) is 0.278. The van der Waals surface area contributed by atoms with Gasteiger partial charge in [0.05, 0.1) is 0 Å². The van der Waals surface area contributed by atoms with Crippen molar-refractivity contribution in [1.82, 2.24) is 0 Å². The minimum atomic E-state index is -0.355. The molecule has 3 heteroatoms. The zero-order valence-corrected chi connectivity index (χ0v) is 13.5. The molecule has 0 spiro atoms. The molecule has 2 nitrogen and oxygen atoms in total. The van der Waals surface area contributed by atoms with Gasteiger partial charge in [0, 0.05) is 4.90 Å². The van der Waals surface area contributed by atoms with Crippen LogP contribution in [0.15, 0.2) is 59.5 Å². The van der Waals surface area contributed by atoms with Gasteiger partial charge in [-0.25, -0.2) is 0 Å². The van der Waals surface area contributed by atoms with Gasteiger partial charge in [-0.05, 0) is 28.7 Å². The van der Waals surface area contributed by atoms with Crippen LogP contribution in [0.4, 0.5) is 0 Å². The summed E-state index contributed by atoms with van der Waals surface area (Å²) in [6, 6.07) is 18.0. The van der Waals surface area contributed by atoms with Crippen molar-refractivity contribution < 1.29 is 4.79 Å². The second kappa shape index (κ2) is 6.35. The van der Waals surface area contributed by atoms with E-state index in [-0.39, 0.29) is 16.6 Å². The van der Waals surface area contributed by atoms with E-state index in [9.17, 15) is 4.79 Å². The highest BCUT2D eigenvalue weighted by Crippen LogP contribution is 2.35. The summed E-state index contributed by atoms with van der Waals surface area (Å²) in [6.45, 7) is 6.56. The van der Waals surface area contributed by atoms with Crippen LogP contribution >= 0.6 is 11.8 Å². The Morgan fingerprint density at radius 3 is 2.05 bits per heavy atom. The van der Waals surface area contributed by atoms with Gasteiger partial charge in [0.2, 0.25) is 5.91 Å². The Hall–Kier alpha value is -1.74. The van der Waals surface area contributed by atoms with Gasteiger partial charge >= 0.3 is 0 Å². The third-order valence-corrected chi connectivity index (χ3v) is 4.62. The van der Waals surface area contributed by atoms with Crippen LogP contribution in [0.3, 0.4) is 0 Å². The summed E-state index contributed by atoms with van der Waals surface area (Å²) >= 11 is 1.49. The van der Waals surface area contributed by atoms with Gasteiger partial charge in [-0.15, -0.1) is 11.8 Å². The number of carbonyl (C=O) groups is 1. The summed E-state index contributed by atoms with van der Waals surface area (Å²) in [5, 5.41) is -0.355. The van der Waals surface area contributed by atoms with Crippen LogP contribution in [0, 0.1) is 0 Å². The molecule has 1 unspecified atom stereocenters. The third-order valence-electron chi connectivity index (χ3n) is 3.34. The average Bonchev–Trinajstić information content (AvgIpc) is 2.45. The first-order chi connectivity index (χ1) is 9.88. The van der Waals surface area contributed by atoms with Crippen molar-refractivity contribution >= 4 is 17.7 Å². The Kier molecular flexibility index (Phi) is 4.73. The van der Waals surface area contributed by atoms with E-state index < -0.39 is 0 Å². The molecule has 0 radical (unpaired) electrons. The van der Waals surface area contributed by atoms with Crippen molar-refractivity contribution in [2.24, 2.45) is 5.73 Å². The minimum absolute atomic E-state index is 0.131. The minimum Gasteiger partial charge on any atom is -0.368 e. The predicted octanol–water partition coefficient (Wildman–Crippen LogP) is 4.30. The smallest absolute Gasteiger partial charge is 0.235 e. The number of amides is 1. The van der Waals surface area contributed by atoms with Crippen molar-refractivity contribution in [3.8, 4) is 0 Å². The number of primary amides is 1. The highest BCUT2D eigenvalue weighted by molar-refractivity contribution is 8.00. The van der Waals surface area contributed by atoms with Crippen molar-refractivity contribution in [3.05, 3.63) is 65.7 Å². The first kappa shape index (κ1) is 15.6. The third kappa shape index (κ3) is 4.11. The molecule has 0 aliphatic carbocycles. The highest BCUT2D eigenvalue weighted by Gasteiger charge is 2.19. The summed E-state index contributed by atoms with van der Waals surface area (Å²) in [5.41, 5.74) is 7.91. The lowest BCUT2D eigenvalue weighted by molar-refractivity contribution is -0.117. The van der Waals surface area contributed by atoms with Gasteiger partial charge in [-0.1, -0.05) is 63.2 Å². The van der Waals surface area contributed by atoms with E-state index in [0.717, 1.165) is 10.5 Å². The van der Waals surface area contributed by atoms with E-state index in [1.54, 1.807) is 0 Å². The summed E-state index contributed by atoms with van der Waals surface area (Å²) in [7, 11) is 0. The Bertz CT molecular complexity index is 599. The molecule has 1 amide bonds. The SMILES string of the molecule is CC(C)(C)c1ccc(SC(C(N)=O)c2ccccc2)cc1. The molecule has 0 aliphatic heterocycles. The van der Waals surface area contributed by atoms with Gasteiger partial charge in [-0.2, -0.15) is 0 Å². The maximum absolute atomic E-state index is 11.7. The lowest BCUT2D eigenvalue weighted by Crippen LogP contribution is -2.18. The van der Waals surface area contributed by atoms with E-state index in [4.69, 9.17) is 5.73 Å². The van der Waals surface area contributed by atoms with Gasteiger partial charge in [0.1, 0.15) is 5.25 Å². The van der Waals surface area contributed by atoms with Crippen LogP contribution in [-0.2, 0) is 10.2 Å². The molecule has 0 bridgehead atoms. The topological polar surface area (TPSA) is 43.1 Å². The van der Waals surface area contributed by atoms with Gasteiger partial charge in [0.25, 0.3) is 0 Å². The molecule has 0 heterocycles. The lowest BCUT2D eigenvalue weighted by Gasteiger charge is -2.19.